The quantitative estimate of drug-likeness (QED) is 0.162. The zero-order valence-corrected chi connectivity index (χ0v) is 41.5. The summed E-state index contributed by atoms with van der Waals surface area (Å²) >= 11 is 0. The van der Waals surface area contributed by atoms with Gasteiger partial charge in [0.1, 0.15) is 11.6 Å². The van der Waals surface area contributed by atoms with Crippen LogP contribution >= 0.6 is 0 Å². The van der Waals surface area contributed by atoms with Gasteiger partial charge in [-0.15, -0.1) is 29.3 Å². The number of nitrogens with zero attached hydrogens (tertiary/aromatic N) is 3. The summed E-state index contributed by atoms with van der Waals surface area (Å²) in [5.41, 5.74) is -9.89. The van der Waals surface area contributed by atoms with Crippen molar-refractivity contribution in [2.75, 3.05) is 0 Å². The van der Waals surface area contributed by atoms with Gasteiger partial charge in [-0.2, -0.15) is 0 Å². The van der Waals surface area contributed by atoms with E-state index in [1.807, 2.05) is 90.1 Å². The molecule has 0 saturated carbocycles. The van der Waals surface area contributed by atoms with Crippen LogP contribution in [0.1, 0.15) is 146 Å². The molecule has 0 aliphatic rings. The number of phenols is 1. The Morgan fingerprint density at radius 3 is 1.97 bits per heavy atom. The minimum Gasteiger partial charge on any atom is -0.507 e. The molecule has 4 nitrogen and oxygen atoms in total. The van der Waals surface area contributed by atoms with Crippen LogP contribution in [-0.4, -0.2) is 19.6 Å². The molecule has 0 atom stereocenters. The third kappa shape index (κ3) is 9.73. The third-order valence-electron chi connectivity index (χ3n) is 12.2. The van der Waals surface area contributed by atoms with E-state index in [1.165, 1.54) is 42.6 Å². The molecule has 0 radical (unpaired) electrons. The number of aryl methyl sites for hydroxylation is 1. The number of imidazole rings is 1. The predicted octanol–water partition coefficient (Wildman–Crippen LogP) is 17.4. The molecule has 358 valence electrons. The number of aromatic nitrogens is 3. The Bertz CT molecular complexity index is 4380. The van der Waals surface area contributed by atoms with Crippen LogP contribution < -0.4 is 0 Å². The third-order valence-corrected chi connectivity index (χ3v) is 12.2. The molecule has 2 heterocycles. The first-order chi connectivity index (χ1) is 43.4. The van der Waals surface area contributed by atoms with Gasteiger partial charge in [-0.05, 0) is 109 Å². The van der Waals surface area contributed by atoms with E-state index < -0.39 is 134 Å². The number of phenolic OH excluding ortho intramolecular Hbond substituents is 1. The number of pyridine rings is 1. The molecule has 9 aromatic rings. The van der Waals surface area contributed by atoms with Gasteiger partial charge in [-0.1, -0.05) is 203 Å². The second kappa shape index (κ2) is 18.8. The Morgan fingerprint density at radius 2 is 1.27 bits per heavy atom. The van der Waals surface area contributed by atoms with E-state index in [4.69, 9.17) is 36.5 Å². The average molecular weight is 1130 g/mol. The van der Waals surface area contributed by atoms with E-state index in [0.717, 1.165) is 15.7 Å². The summed E-state index contributed by atoms with van der Waals surface area (Å²) in [7, 11) is 0. The number of hydrogen-bond acceptors (Lipinski definition) is 3. The Morgan fingerprint density at radius 1 is 0.571 bits per heavy atom. The van der Waals surface area contributed by atoms with Crippen LogP contribution in [0.5, 0.6) is 5.75 Å². The number of para-hydroxylation sites is 1. The van der Waals surface area contributed by atoms with Crippen LogP contribution in [0.15, 0.2) is 158 Å². The molecule has 7 aromatic carbocycles. The van der Waals surface area contributed by atoms with Gasteiger partial charge in [0.2, 0.25) is 0 Å². The van der Waals surface area contributed by atoms with E-state index in [2.05, 4.69) is 11.1 Å². The van der Waals surface area contributed by atoms with Crippen LogP contribution in [0.4, 0.5) is 0 Å². The Balaban J connectivity index is 0.0000118. The molecule has 5 heteroatoms. The fraction of sp³-hybridized carbons (Fsp3) is 0.262. The minimum atomic E-state index is -4.30. The van der Waals surface area contributed by atoms with Crippen molar-refractivity contribution < 1.29 is 61.8 Å². The first-order valence-electron chi connectivity index (χ1n) is 35.2. The van der Waals surface area contributed by atoms with Gasteiger partial charge in [0.05, 0.1) is 29.1 Å². The van der Waals surface area contributed by atoms with Crippen molar-refractivity contribution in [1.29, 1.82) is 0 Å². The van der Waals surface area contributed by atoms with E-state index in [9.17, 15) is 9.22 Å². The molecule has 0 aliphatic carbocycles. The number of aromatic hydroxyl groups is 1. The standard InChI is InChI=1S/C65H66N3O.Pt/c1-41-34-45(58-50(43-24-18-15-19-25-43)26-20-28-53(58)64(8,9)10)30-31-56(41)68-57-29-21-27-51(59(57)67-61(68)52-39-49(63(5,6)7)40-54(60(52)69)65(11,12)13)46-35-47(37-48(36-46)62(2,3)4)55-38-44(32-33-66-55)42-22-16-14-17-23-42;/h14-34,36-40,69H,1-13H3;/q-1;/i1D3,5D3,6D3,7D3,11D3,12D3,13D3,14D,16D,17D,22D,23D;. The molecule has 0 saturated heterocycles. The summed E-state index contributed by atoms with van der Waals surface area (Å²) < 4.78 is 231. The van der Waals surface area contributed by atoms with Crippen molar-refractivity contribution in [3.8, 4) is 78.6 Å². The van der Waals surface area contributed by atoms with Gasteiger partial charge >= 0.3 is 0 Å². The van der Waals surface area contributed by atoms with Gasteiger partial charge in [0.25, 0.3) is 0 Å². The largest absolute Gasteiger partial charge is 0.507 e. The van der Waals surface area contributed by atoms with E-state index in [0.29, 0.717) is 28.3 Å². The topological polar surface area (TPSA) is 50.9 Å². The summed E-state index contributed by atoms with van der Waals surface area (Å²) in [5, 5.41) is 13.2. The number of rotatable bonds is 7. The number of hydrogen-bond donors (Lipinski definition) is 1. The fourth-order valence-electron chi connectivity index (χ4n) is 8.70. The summed E-state index contributed by atoms with van der Waals surface area (Å²) in [6.07, 6.45) is 1.38. The zero-order valence-electron chi connectivity index (χ0n) is 65.2. The van der Waals surface area contributed by atoms with Crippen molar-refractivity contribution >= 4 is 11.0 Å². The van der Waals surface area contributed by atoms with Crippen LogP contribution in [0.2, 0.25) is 0 Å². The molecule has 2 aromatic heterocycles. The van der Waals surface area contributed by atoms with E-state index in [-0.39, 0.29) is 77.4 Å². The van der Waals surface area contributed by atoms with Gasteiger partial charge < -0.3 is 5.11 Å². The molecule has 1 N–H and O–H groups in total. The second-order valence-electron chi connectivity index (χ2n) is 19.3. The van der Waals surface area contributed by atoms with E-state index >= 15 is 0 Å². The molecule has 0 amide bonds. The number of fused-ring (bicyclic) bond motifs is 1. The Hall–Kier alpha value is -6.35. The maximum absolute atomic E-state index is 13.2. The van der Waals surface area contributed by atoms with Crippen molar-refractivity contribution in [3.05, 3.63) is 192 Å². The maximum atomic E-state index is 13.2. The molecular weight excluding hydrogens is 1030 g/mol. The van der Waals surface area contributed by atoms with Gasteiger partial charge in [0.15, 0.2) is 0 Å². The molecule has 9 rings (SSSR count). The smallest absolute Gasteiger partial charge is 0.148 e. The monoisotopic (exact) mass is 1130 g/mol. The van der Waals surface area contributed by atoms with Crippen LogP contribution in [-0.2, 0) is 42.7 Å². The summed E-state index contributed by atoms with van der Waals surface area (Å²) in [4.78, 5) is 9.68. The normalized spacial score (nSPS) is 19.0. The fourth-order valence-corrected chi connectivity index (χ4v) is 8.70. The van der Waals surface area contributed by atoms with Crippen molar-refractivity contribution in [2.24, 2.45) is 0 Å². The molecule has 70 heavy (non-hydrogen) atoms. The van der Waals surface area contributed by atoms with Gasteiger partial charge in [-0.25, -0.2) is 4.98 Å². The van der Waals surface area contributed by atoms with Crippen molar-refractivity contribution in [1.82, 2.24) is 14.5 Å². The first kappa shape index (κ1) is 26.7. The van der Waals surface area contributed by atoms with E-state index in [1.54, 1.807) is 24.3 Å². The summed E-state index contributed by atoms with van der Waals surface area (Å²) in [6.45, 7) is -16.9. The van der Waals surface area contributed by atoms with Crippen molar-refractivity contribution in [3.63, 3.8) is 0 Å². The molecular formula is C65H66N3OPt-. The predicted molar refractivity (Wildman–Crippen MR) is 292 cm³/mol. The Labute approximate surface area is 467 Å². The van der Waals surface area contributed by atoms with Crippen LogP contribution in [0, 0.1) is 12.9 Å². The SMILES string of the molecule is [2H]c1c([2H])c([2H])c(-c2ccnc(-c3[c-]c(-c4cccc5c4nc(-c4cc(C(C([2H])([2H])[2H])(C([2H])([2H])[2H])C([2H])([2H])[2H])cc(C(C([2H])([2H])[2H])(C([2H])([2H])[2H])C([2H])([2H])[2H])c4O)n5-c4ccc(-c5c(-c6ccccc6)cccc5C(C)(C)C)cc4C([2H])([2H])[2H])cc(C(C)(C)C)c3)c2)c([2H])c1[2H].[Pt]. The minimum absolute atomic E-state index is 0. The molecule has 0 fully saturated rings. The summed E-state index contributed by atoms with van der Waals surface area (Å²) in [6, 6.07) is 31.8. The van der Waals surface area contributed by atoms with Crippen molar-refractivity contribution in [2.45, 2.75) is 111 Å². The van der Waals surface area contributed by atoms with Crippen LogP contribution in [0.25, 0.3) is 83.9 Å². The molecule has 0 aliphatic heterocycles. The molecule has 0 spiro atoms. The Kier molecular flexibility index (Phi) is 7.17. The molecule has 0 bridgehead atoms. The van der Waals surface area contributed by atoms with Gasteiger partial charge in [0, 0.05) is 67.3 Å². The summed E-state index contributed by atoms with van der Waals surface area (Å²) in [5.74, 6) is -2.30. The average Bonchev–Trinajstić information content (AvgIpc) is 0.723. The first-order valence-corrected chi connectivity index (χ1v) is 22.2. The number of benzene rings is 7. The molecule has 0 unspecified atom stereocenters. The van der Waals surface area contributed by atoms with Crippen LogP contribution in [0.3, 0.4) is 0 Å². The zero-order chi connectivity index (χ0) is 71.1. The van der Waals surface area contributed by atoms with Gasteiger partial charge in [-0.3, -0.25) is 9.55 Å². The second-order valence-corrected chi connectivity index (χ2v) is 19.3. The maximum Gasteiger partial charge on any atom is 0.148 e.